The third-order valence-corrected chi connectivity index (χ3v) is 13.9. The third-order valence-electron chi connectivity index (χ3n) is 9.85. The van der Waals surface area contributed by atoms with Crippen LogP contribution >= 0.6 is 34.4 Å². The first-order valence-corrected chi connectivity index (χ1v) is 18.4. The lowest BCUT2D eigenvalue weighted by Gasteiger charge is -2.36. The number of rotatable bonds is 4. The Morgan fingerprint density at radius 2 is 1.24 bits per heavy atom. The van der Waals surface area contributed by atoms with Crippen LogP contribution in [0.25, 0.3) is 62.6 Å². The highest BCUT2D eigenvalue weighted by molar-refractivity contribution is 8.05. The van der Waals surface area contributed by atoms with Crippen LogP contribution in [-0.4, -0.2) is 4.75 Å². The van der Waals surface area contributed by atoms with Crippen LogP contribution < -0.4 is 0 Å². The van der Waals surface area contributed by atoms with Gasteiger partial charge in [-0.2, -0.15) is 0 Å². The second-order valence-electron chi connectivity index (χ2n) is 12.5. The Morgan fingerprint density at radius 1 is 0.674 bits per heavy atom. The molecule has 2 aliphatic rings. The van der Waals surface area contributed by atoms with E-state index in [2.05, 4.69) is 154 Å². The maximum Gasteiger partial charge on any atom is 0.0533 e. The molecule has 0 spiro atoms. The van der Waals surface area contributed by atoms with Gasteiger partial charge in [0.15, 0.2) is 0 Å². The highest BCUT2D eigenvalue weighted by Crippen LogP contribution is 2.59. The molecular formula is C43H32S3. The predicted molar refractivity (Wildman–Crippen MR) is 207 cm³/mol. The Hall–Kier alpha value is -4.15. The molecule has 3 heteroatoms. The van der Waals surface area contributed by atoms with E-state index in [4.69, 9.17) is 0 Å². The lowest BCUT2D eigenvalue weighted by molar-refractivity contribution is 0.665. The predicted octanol–water partition coefficient (Wildman–Crippen LogP) is 13.7. The molecule has 3 heterocycles. The summed E-state index contributed by atoms with van der Waals surface area (Å²) in [5, 5.41) is 5.37. The van der Waals surface area contributed by atoms with Gasteiger partial charge in [0.05, 0.1) is 4.75 Å². The van der Waals surface area contributed by atoms with E-state index in [-0.39, 0.29) is 10.7 Å². The maximum atomic E-state index is 2.49. The third kappa shape index (κ3) is 4.19. The van der Waals surface area contributed by atoms with Crippen molar-refractivity contribution in [3.63, 3.8) is 0 Å². The maximum absolute atomic E-state index is 2.49. The summed E-state index contributed by atoms with van der Waals surface area (Å²) in [5.41, 5.74) is 9.43. The van der Waals surface area contributed by atoms with E-state index in [1.165, 1.54) is 84.2 Å². The summed E-state index contributed by atoms with van der Waals surface area (Å²) < 4.78 is 5.34. The molecule has 2 aromatic heterocycles. The molecule has 2 unspecified atom stereocenters. The summed E-state index contributed by atoms with van der Waals surface area (Å²) in [4.78, 5) is 1.38. The Balaban J connectivity index is 1.30. The summed E-state index contributed by atoms with van der Waals surface area (Å²) >= 11 is 5.85. The van der Waals surface area contributed by atoms with Crippen molar-refractivity contribution < 1.29 is 0 Å². The zero-order chi connectivity index (χ0) is 31.0. The van der Waals surface area contributed by atoms with E-state index in [0.29, 0.717) is 0 Å². The fourth-order valence-corrected chi connectivity index (χ4v) is 11.7. The van der Waals surface area contributed by atoms with Crippen molar-refractivity contribution >= 4 is 74.8 Å². The van der Waals surface area contributed by atoms with Crippen LogP contribution in [0.15, 0.2) is 150 Å². The minimum absolute atomic E-state index is 0.0726. The van der Waals surface area contributed by atoms with Gasteiger partial charge in [-0.3, -0.25) is 0 Å². The number of hydrogen-bond donors (Lipinski definition) is 0. The zero-order valence-corrected chi connectivity index (χ0v) is 28.5. The summed E-state index contributed by atoms with van der Waals surface area (Å²) in [6, 6.07) is 38.8. The van der Waals surface area contributed by atoms with Crippen LogP contribution in [0.1, 0.15) is 32.3 Å². The average Bonchev–Trinajstić information content (AvgIpc) is 3.73. The minimum atomic E-state index is -0.0726. The highest BCUT2D eigenvalue weighted by Gasteiger charge is 2.45. The van der Waals surface area contributed by atoms with E-state index in [9.17, 15) is 0 Å². The number of fused-ring (bicyclic) bond motifs is 7. The molecule has 0 radical (unpaired) electrons. The number of benzene rings is 5. The molecule has 0 nitrogen and oxygen atoms in total. The van der Waals surface area contributed by atoms with Gasteiger partial charge >= 0.3 is 0 Å². The van der Waals surface area contributed by atoms with Gasteiger partial charge < -0.3 is 0 Å². The van der Waals surface area contributed by atoms with E-state index < -0.39 is 0 Å². The molecular weight excluding hydrogens is 613 g/mol. The molecule has 9 rings (SSSR count). The van der Waals surface area contributed by atoms with Gasteiger partial charge in [0, 0.05) is 51.2 Å². The summed E-state index contributed by atoms with van der Waals surface area (Å²) in [6.45, 7) is 6.86. The smallest absolute Gasteiger partial charge is 0.0533 e. The van der Waals surface area contributed by atoms with E-state index in [0.717, 1.165) is 0 Å². The Labute approximate surface area is 282 Å². The second-order valence-corrected chi connectivity index (χ2v) is 16.1. The molecule has 1 aliphatic carbocycles. The quantitative estimate of drug-likeness (QED) is 0.184. The van der Waals surface area contributed by atoms with Crippen LogP contribution in [0.5, 0.6) is 0 Å². The van der Waals surface area contributed by atoms with Crippen molar-refractivity contribution in [1.82, 2.24) is 0 Å². The molecule has 222 valence electrons. The van der Waals surface area contributed by atoms with Gasteiger partial charge in [-0.1, -0.05) is 115 Å². The Kier molecular flexibility index (Phi) is 6.54. The van der Waals surface area contributed by atoms with Gasteiger partial charge in [-0.05, 0) is 77.9 Å². The first-order valence-electron chi connectivity index (χ1n) is 15.9. The lowest BCUT2D eigenvalue weighted by atomic mass is 9.75. The monoisotopic (exact) mass is 644 g/mol. The van der Waals surface area contributed by atoms with E-state index in [1.54, 1.807) is 0 Å². The Morgan fingerprint density at radius 3 is 1.83 bits per heavy atom. The Bertz CT molecular complexity index is 2360. The van der Waals surface area contributed by atoms with Crippen LogP contribution in [0.4, 0.5) is 0 Å². The van der Waals surface area contributed by atoms with E-state index >= 15 is 0 Å². The molecule has 0 fully saturated rings. The summed E-state index contributed by atoms with van der Waals surface area (Å²) in [7, 11) is 0. The fourth-order valence-electron chi connectivity index (χ4n) is 7.66. The second kappa shape index (κ2) is 10.7. The van der Waals surface area contributed by atoms with Gasteiger partial charge in [-0.25, -0.2) is 0 Å². The largest absolute Gasteiger partial charge is 0.135 e. The topological polar surface area (TPSA) is 0 Å². The zero-order valence-electron chi connectivity index (χ0n) is 26.0. The first kappa shape index (κ1) is 28.1. The van der Waals surface area contributed by atoms with Crippen molar-refractivity contribution in [3.05, 3.63) is 155 Å². The highest BCUT2D eigenvalue weighted by atomic mass is 32.2. The van der Waals surface area contributed by atoms with Crippen molar-refractivity contribution in [2.45, 2.75) is 31.4 Å². The van der Waals surface area contributed by atoms with Crippen LogP contribution in [-0.2, 0) is 0 Å². The molecule has 1 aliphatic heterocycles. The SMILES string of the molecule is C/C=C\C1=C(C)C2=CC=CC(c3cc(-c4cccc5c4sc4ccccc45)cc(-c4cccc5c4sc4ccccc45)c3)C2(C)S1. The van der Waals surface area contributed by atoms with Crippen LogP contribution in [0, 0.1) is 0 Å². The number of hydrogen-bond acceptors (Lipinski definition) is 3. The minimum Gasteiger partial charge on any atom is -0.135 e. The van der Waals surface area contributed by atoms with Crippen molar-refractivity contribution in [1.29, 1.82) is 0 Å². The van der Waals surface area contributed by atoms with Gasteiger partial charge in [0.2, 0.25) is 0 Å². The lowest BCUT2D eigenvalue weighted by Crippen LogP contribution is -2.30. The summed E-state index contributed by atoms with van der Waals surface area (Å²) in [5.74, 6) is 0.233. The molecule has 46 heavy (non-hydrogen) atoms. The molecule has 0 amide bonds. The molecule has 2 atom stereocenters. The molecule has 0 N–H and O–H groups in total. The molecule has 5 aromatic carbocycles. The van der Waals surface area contributed by atoms with Gasteiger partial charge in [-0.15, -0.1) is 34.4 Å². The molecule has 0 saturated carbocycles. The molecule has 7 aromatic rings. The van der Waals surface area contributed by atoms with E-state index in [1.807, 2.05) is 34.4 Å². The van der Waals surface area contributed by atoms with Gasteiger partial charge in [0.25, 0.3) is 0 Å². The average molecular weight is 645 g/mol. The fraction of sp³-hybridized carbons (Fsp3) is 0.116. The van der Waals surface area contributed by atoms with Crippen molar-refractivity contribution in [2.24, 2.45) is 0 Å². The first-order chi connectivity index (χ1) is 22.5. The van der Waals surface area contributed by atoms with Crippen molar-refractivity contribution in [2.75, 3.05) is 0 Å². The summed E-state index contributed by atoms with van der Waals surface area (Å²) in [6.07, 6.45) is 11.5. The molecule has 0 saturated heterocycles. The van der Waals surface area contributed by atoms with Crippen LogP contribution in [0.2, 0.25) is 0 Å². The normalized spacial score (nSPS) is 19.7. The van der Waals surface area contributed by atoms with Crippen molar-refractivity contribution in [3.8, 4) is 22.3 Å². The van der Waals surface area contributed by atoms with Crippen LogP contribution in [0.3, 0.4) is 0 Å². The number of thioether (sulfide) groups is 1. The number of thiophene rings is 2. The standard InChI is InChI=1S/C43H32S3/c1-4-12-38-26(2)36-19-11-20-37(43(36,3)46-38)29-24-27(30-15-9-17-34-32-13-5-7-21-39(32)44-41(30)34)23-28(25-29)31-16-10-18-35-33-14-6-8-22-40(33)45-42(31)35/h4-25,37H,1-3H3/b12-4-. The number of allylic oxidation sites excluding steroid dienone is 6. The van der Waals surface area contributed by atoms with Gasteiger partial charge in [0.1, 0.15) is 0 Å². The molecule has 0 bridgehead atoms.